The molecule has 0 atom stereocenters. The molecule has 2 heterocycles. The van der Waals surface area contributed by atoms with Crippen LogP contribution in [0, 0.1) is 13.8 Å². The normalized spacial score (nSPS) is 10.8. The molecule has 1 amide bonds. The van der Waals surface area contributed by atoms with E-state index in [-0.39, 0.29) is 18.3 Å². The molecular formula is C20H22ClN3O3. The van der Waals surface area contributed by atoms with Crippen LogP contribution in [0.4, 0.5) is 0 Å². The van der Waals surface area contributed by atoms with Gasteiger partial charge in [0.2, 0.25) is 0 Å². The Hall–Kier alpha value is -2.73. The first-order valence-corrected chi connectivity index (χ1v) is 9.14. The van der Waals surface area contributed by atoms with E-state index >= 15 is 0 Å². The van der Waals surface area contributed by atoms with Gasteiger partial charge in [0, 0.05) is 19.3 Å². The van der Waals surface area contributed by atoms with Crippen LogP contribution < -0.4 is 10.1 Å². The van der Waals surface area contributed by atoms with Crippen LogP contribution in [0.2, 0.25) is 5.02 Å². The van der Waals surface area contributed by atoms with Crippen LogP contribution in [0.15, 0.2) is 47.1 Å². The number of halogens is 1. The first-order valence-electron chi connectivity index (χ1n) is 8.76. The number of nitrogens with zero attached hydrogens (tertiary/aromatic N) is 2. The van der Waals surface area contributed by atoms with Gasteiger partial charge in [-0.3, -0.25) is 9.48 Å². The minimum absolute atomic E-state index is 0.245. The Morgan fingerprint density at radius 3 is 2.85 bits per heavy atom. The van der Waals surface area contributed by atoms with E-state index in [0.29, 0.717) is 23.9 Å². The average Bonchev–Trinajstić information content (AvgIpc) is 3.28. The molecule has 3 aromatic rings. The standard InChI is InChI=1S/C20H22ClN3O3/c1-14-4-5-17(10-15(14)2)26-13-18-6-7-19(27-18)20(25)22-8-3-9-24-12-16(21)11-23-24/h4-7,10-12H,3,8-9,13H2,1-2H3,(H,22,25). The highest BCUT2D eigenvalue weighted by atomic mass is 35.5. The van der Waals surface area contributed by atoms with Crippen LogP contribution in [0.25, 0.3) is 0 Å². The quantitative estimate of drug-likeness (QED) is 0.589. The highest BCUT2D eigenvalue weighted by Crippen LogP contribution is 2.18. The molecule has 142 valence electrons. The van der Waals surface area contributed by atoms with Gasteiger partial charge >= 0.3 is 0 Å². The summed E-state index contributed by atoms with van der Waals surface area (Å²) in [6.45, 7) is 5.57. The number of carbonyl (C=O) groups is 1. The largest absolute Gasteiger partial charge is 0.486 e. The van der Waals surface area contributed by atoms with Crippen molar-refractivity contribution in [1.82, 2.24) is 15.1 Å². The molecule has 7 heteroatoms. The molecule has 27 heavy (non-hydrogen) atoms. The van der Waals surface area contributed by atoms with E-state index in [1.165, 1.54) is 11.1 Å². The molecule has 0 bridgehead atoms. The lowest BCUT2D eigenvalue weighted by molar-refractivity contribution is 0.0921. The fraction of sp³-hybridized carbons (Fsp3) is 0.300. The van der Waals surface area contributed by atoms with Crippen LogP contribution in [-0.2, 0) is 13.2 Å². The summed E-state index contributed by atoms with van der Waals surface area (Å²) in [5.74, 6) is 1.41. The molecule has 0 saturated heterocycles. The summed E-state index contributed by atoms with van der Waals surface area (Å²) in [4.78, 5) is 12.1. The van der Waals surface area contributed by atoms with Crippen molar-refractivity contribution in [3.05, 3.63) is 70.4 Å². The molecule has 3 rings (SSSR count). The molecule has 0 spiro atoms. The highest BCUT2D eigenvalue weighted by molar-refractivity contribution is 6.30. The summed E-state index contributed by atoms with van der Waals surface area (Å²) in [5.41, 5.74) is 2.39. The van der Waals surface area contributed by atoms with Crippen molar-refractivity contribution in [2.24, 2.45) is 0 Å². The van der Waals surface area contributed by atoms with Crippen molar-refractivity contribution in [1.29, 1.82) is 0 Å². The molecule has 0 fully saturated rings. The number of hydrogen-bond donors (Lipinski definition) is 1. The summed E-state index contributed by atoms with van der Waals surface area (Å²) in [6.07, 6.45) is 4.08. The third-order valence-electron chi connectivity index (χ3n) is 4.20. The number of hydrogen-bond acceptors (Lipinski definition) is 4. The monoisotopic (exact) mass is 387 g/mol. The van der Waals surface area contributed by atoms with E-state index in [1.807, 2.05) is 25.1 Å². The van der Waals surface area contributed by atoms with Crippen LogP contribution in [0.1, 0.15) is 33.9 Å². The fourth-order valence-corrected chi connectivity index (χ4v) is 2.68. The van der Waals surface area contributed by atoms with Crippen molar-refractivity contribution < 1.29 is 13.9 Å². The van der Waals surface area contributed by atoms with Gasteiger partial charge in [-0.1, -0.05) is 17.7 Å². The molecule has 0 aliphatic rings. The van der Waals surface area contributed by atoms with Gasteiger partial charge in [0.1, 0.15) is 18.1 Å². The smallest absolute Gasteiger partial charge is 0.286 e. The summed E-state index contributed by atoms with van der Waals surface area (Å²) < 4.78 is 13.0. The highest BCUT2D eigenvalue weighted by Gasteiger charge is 2.11. The van der Waals surface area contributed by atoms with Gasteiger partial charge in [0.05, 0.1) is 11.2 Å². The molecule has 0 aliphatic heterocycles. The van der Waals surface area contributed by atoms with E-state index in [0.717, 1.165) is 12.2 Å². The number of benzene rings is 1. The number of aryl methyl sites for hydroxylation is 3. The van der Waals surface area contributed by atoms with Crippen LogP contribution >= 0.6 is 11.6 Å². The molecule has 0 unspecified atom stereocenters. The maximum Gasteiger partial charge on any atom is 0.286 e. The Kier molecular flexibility index (Phi) is 6.19. The van der Waals surface area contributed by atoms with E-state index in [2.05, 4.69) is 17.3 Å². The van der Waals surface area contributed by atoms with Crippen molar-refractivity contribution in [3.63, 3.8) is 0 Å². The summed E-state index contributed by atoms with van der Waals surface area (Å²) in [6, 6.07) is 9.33. The molecule has 1 N–H and O–H groups in total. The van der Waals surface area contributed by atoms with Gasteiger partial charge in [0.15, 0.2) is 5.76 Å². The summed E-state index contributed by atoms with van der Waals surface area (Å²) in [7, 11) is 0. The zero-order valence-corrected chi connectivity index (χ0v) is 16.1. The maximum absolute atomic E-state index is 12.1. The summed E-state index contributed by atoms with van der Waals surface area (Å²) >= 11 is 5.81. The first kappa shape index (κ1) is 19.0. The zero-order valence-electron chi connectivity index (χ0n) is 15.4. The molecule has 0 radical (unpaired) electrons. The van der Waals surface area contributed by atoms with E-state index in [9.17, 15) is 4.79 Å². The van der Waals surface area contributed by atoms with Crippen molar-refractivity contribution >= 4 is 17.5 Å². The van der Waals surface area contributed by atoms with Crippen molar-refractivity contribution in [2.45, 2.75) is 33.4 Å². The lowest BCUT2D eigenvalue weighted by Gasteiger charge is -2.07. The van der Waals surface area contributed by atoms with E-state index in [4.69, 9.17) is 20.8 Å². The van der Waals surface area contributed by atoms with Gasteiger partial charge in [-0.25, -0.2) is 0 Å². The zero-order chi connectivity index (χ0) is 19.2. The van der Waals surface area contributed by atoms with Crippen LogP contribution in [0.3, 0.4) is 0 Å². The van der Waals surface area contributed by atoms with Gasteiger partial charge < -0.3 is 14.5 Å². The Labute approximate surface area is 163 Å². The molecule has 1 aromatic carbocycles. The SMILES string of the molecule is Cc1ccc(OCc2ccc(C(=O)NCCCn3cc(Cl)cn3)o2)cc1C. The lowest BCUT2D eigenvalue weighted by atomic mass is 10.1. The van der Waals surface area contributed by atoms with Crippen molar-refractivity contribution in [2.75, 3.05) is 6.54 Å². The van der Waals surface area contributed by atoms with Gasteiger partial charge in [-0.05, 0) is 55.7 Å². The van der Waals surface area contributed by atoms with Crippen molar-refractivity contribution in [3.8, 4) is 5.75 Å². The number of rotatable bonds is 8. The fourth-order valence-electron chi connectivity index (χ4n) is 2.53. The van der Waals surface area contributed by atoms with Crippen LogP contribution in [-0.4, -0.2) is 22.2 Å². The minimum Gasteiger partial charge on any atom is -0.486 e. The summed E-state index contributed by atoms with van der Waals surface area (Å²) in [5, 5.41) is 7.52. The van der Waals surface area contributed by atoms with Gasteiger partial charge in [-0.2, -0.15) is 5.10 Å². The predicted octanol–water partition coefficient (Wildman–Crippen LogP) is 4.15. The molecular weight excluding hydrogens is 366 g/mol. The number of ether oxygens (including phenoxy) is 1. The Morgan fingerprint density at radius 1 is 1.26 bits per heavy atom. The third-order valence-corrected chi connectivity index (χ3v) is 4.39. The van der Waals surface area contributed by atoms with Gasteiger partial charge in [0.25, 0.3) is 5.91 Å². The lowest BCUT2D eigenvalue weighted by Crippen LogP contribution is -2.24. The van der Waals surface area contributed by atoms with E-state index in [1.54, 1.807) is 29.2 Å². The number of amides is 1. The Morgan fingerprint density at radius 2 is 2.11 bits per heavy atom. The molecule has 6 nitrogen and oxygen atoms in total. The number of carbonyl (C=O) groups excluding carboxylic acids is 1. The minimum atomic E-state index is -0.245. The maximum atomic E-state index is 12.1. The number of nitrogens with one attached hydrogen (secondary N) is 1. The second kappa shape index (κ2) is 8.77. The number of furan rings is 1. The van der Waals surface area contributed by atoms with Crippen LogP contribution in [0.5, 0.6) is 5.75 Å². The molecule has 0 aliphatic carbocycles. The molecule has 0 saturated carbocycles. The third kappa shape index (κ3) is 5.37. The second-order valence-electron chi connectivity index (χ2n) is 6.33. The first-order chi connectivity index (χ1) is 13.0. The molecule has 2 aromatic heterocycles. The Balaban J connectivity index is 1.43. The predicted molar refractivity (Wildman–Crippen MR) is 103 cm³/mol. The second-order valence-corrected chi connectivity index (χ2v) is 6.77. The average molecular weight is 388 g/mol. The van der Waals surface area contributed by atoms with Gasteiger partial charge in [-0.15, -0.1) is 0 Å². The number of aromatic nitrogens is 2. The Bertz CT molecular complexity index is 917. The van der Waals surface area contributed by atoms with E-state index < -0.39 is 0 Å². The topological polar surface area (TPSA) is 69.3 Å².